The molecule has 0 spiro atoms. The van der Waals surface area contributed by atoms with Gasteiger partial charge in [-0.3, -0.25) is 24.1 Å². The van der Waals surface area contributed by atoms with Crippen molar-refractivity contribution in [2.24, 2.45) is 0 Å². The number of esters is 1. The number of imide groups is 1. The summed E-state index contributed by atoms with van der Waals surface area (Å²) in [6.45, 7) is 0.824. The third-order valence-electron chi connectivity index (χ3n) is 4.31. The fourth-order valence-electron chi connectivity index (χ4n) is 2.94. The Morgan fingerprint density at radius 3 is 2.38 bits per heavy atom. The molecule has 1 N–H and O–H groups in total. The predicted molar refractivity (Wildman–Crippen MR) is 104 cm³/mol. The Hall–Kier alpha value is -3.81. The number of carbonyl (C=O) groups excluding carboxylic acids is 5. The van der Waals surface area contributed by atoms with Gasteiger partial charge in [-0.1, -0.05) is 18.2 Å². The summed E-state index contributed by atoms with van der Waals surface area (Å²) < 4.78 is 5.01. The highest BCUT2D eigenvalue weighted by molar-refractivity contribution is 6.20. The number of hydrogen-bond donors (Lipinski definition) is 1. The molecular formula is C21H18N2O6. The molecule has 8 heteroatoms. The minimum atomic E-state index is -0.777. The van der Waals surface area contributed by atoms with Crippen LogP contribution < -0.4 is 10.2 Å². The molecular weight excluding hydrogens is 376 g/mol. The average molecular weight is 394 g/mol. The molecule has 1 fully saturated rings. The summed E-state index contributed by atoms with van der Waals surface area (Å²) in [6.07, 6.45) is 0.269. The fraction of sp³-hybridized carbons (Fsp3) is 0.190. The number of benzene rings is 2. The molecule has 0 aliphatic carbocycles. The van der Waals surface area contributed by atoms with E-state index in [9.17, 15) is 24.0 Å². The van der Waals surface area contributed by atoms with Crippen LogP contribution in [0.15, 0.2) is 48.5 Å². The van der Waals surface area contributed by atoms with E-state index in [2.05, 4.69) is 5.32 Å². The van der Waals surface area contributed by atoms with Gasteiger partial charge in [0.15, 0.2) is 12.4 Å². The minimum absolute atomic E-state index is 0.104. The monoisotopic (exact) mass is 394 g/mol. The second kappa shape index (κ2) is 8.47. The van der Waals surface area contributed by atoms with Crippen molar-refractivity contribution < 1.29 is 28.7 Å². The number of amides is 3. The molecule has 8 nitrogen and oxygen atoms in total. The summed E-state index contributed by atoms with van der Waals surface area (Å²) in [4.78, 5) is 60.7. The van der Waals surface area contributed by atoms with E-state index in [1.54, 1.807) is 30.3 Å². The summed E-state index contributed by atoms with van der Waals surface area (Å²) in [7, 11) is 0. The maximum absolute atomic E-state index is 12.3. The molecule has 29 heavy (non-hydrogen) atoms. The van der Waals surface area contributed by atoms with E-state index in [0.29, 0.717) is 11.3 Å². The number of Topliss-reactive ketones (excluding diaryl/α,β-unsaturated/α-hetero) is 1. The lowest BCUT2D eigenvalue weighted by Crippen LogP contribution is -2.28. The van der Waals surface area contributed by atoms with Crippen molar-refractivity contribution in [1.29, 1.82) is 0 Å². The van der Waals surface area contributed by atoms with E-state index < -0.39 is 18.5 Å². The zero-order chi connectivity index (χ0) is 21.0. The molecule has 3 rings (SSSR count). The lowest BCUT2D eigenvalue weighted by molar-refractivity contribution is -0.121. The van der Waals surface area contributed by atoms with Crippen molar-refractivity contribution >= 4 is 40.8 Å². The van der Waals surface area contributed by atoms with Crippen LogP contribution in [0.4, 0.5) is 11.4 Å². The highest BCUT2D eigenvalue weighted by Crippen LogP contribution is 2.23. The van der Waals surface area contributed by atoms with E-state index in [4.69, 9.17) is 4.74 Å². The van der Waals surface area contributed by atoms with Gasteiger partial charge in [0.05, 0.1) is 16.9 Å². The summed E-state index contributed by atoms with van der Waals surface area (Å²) in [5, 5.41) is 2.53. The Morgan fingerprint density at radius 2 is 1.69 bits per heavy atom. The number of anilines is 2. The van der Waals surface area contributed by atoms with Gasteiger partial charge < -0.3 is 10.1 Å². The van der Waals surface area contributed by atoms with Gasteiger partial charge in [0.1, 0.15) is 0 Å². The molecule has 148 valence electrons. The predicted octanol–water partition coefficient (Wildman–Crippen LogP) is 2.34. The quantitative estimate of drug-likeness (QED) is 0.457. The van der Waals surface area contributed by atoms with Crippen molar-refractivity contribution in [3.8, 4) is 0 Å². The van der Waals surface area contributed by atoms with E-state index in [1.807, 2.05) is 0 Å². The van der Waals surface area contributed by atoms with Crippen LogP contribution in [0, 0.1) is 0 Å². The third kappa shape index (κ3) is 4.55. The van der Waals surface area contributed by atoms with E-state index in [0.717, 1.165) is 4.90 Å². The first-order valence-corrected chi connectivity index (χ1v) is 8.89. The van der Waals surface area contributed by atoms with Crippen molar-refractivity contribution in [2.45, 2.75) is 19.8 Å². The van der Waals surface area contributed by atoms with Gasteiger partial charge in [-0.25, -0.2) is 4.79 Å². The highest BCUT2D eigenvalue weighted by Gasteiger charge is 2.30. The summed E-state index contributed by atoms with van der Waals surface area (Å²) >= 11 is 0. The number of hydrogen-bond acceptors (Lipinski definition) is 6. The van der Waals surface area contributed by atoms with Crippen molar-refractivity contribution in [2.75, 3.05) is 16.8 Å². The molecule has 0 unspecified atom stereocenters. The maximum Gasteiger partial charge on any atom is 0.338 e. The van der Waals surface area contributed by atoms with Crippen molar-refractivity contribution in [3.05, 3.63) is 59.7 Å². The van der Waals surface area contributed by atoms with Crippen LogP contribution in [0.2, 0.25) is 0 Å². The molecule has 2 aromatic carbocycles. The zero-order valence-corrected chi connectivity index (χ0v) is 15.6. The van der Waals surface area contributed by atoms with Crippen LogP contribution in [0.5, 0.6) is 0 Å². The molecule has 3 amide bonds. The van der Waals surface area contributed by atoms with Gasteiger partial charge >= 0.3 is 5.97 Å². The first kappa shape index (κ1) is 19.9. The highest BCUT2D eigenvalue weighted by atomic mass is 16.5. The smallest absolute Gasteiger partial charge is 0.338 e. The van der Waals surface area contributed by atoms with E-state index >= 15 is 0 Å². The average Bonchev–Trinajstić information content (AvgIpc) is 3.04. The number of nitrogens with one attached hydrogen (secondary N) is 1. The first-order valence-electron chi connectivity index (χ1n) is 8.89. The van der Waals surface area contributed by atoms with E-state index in [-0.39, 0.29) is 41.7 Å². The van der Waals surface area contributed by atoms with Crippen LogP contribution in [-0.4, -0.2) is 36.1 Å². The third-order valence-corrected chi connectivity index (χ3v) is 4.31. The lowest BCUT2D eigenvalue weighted by Gasteiger charge is -2.14. The van der Waals surface area contributed by atoms with Crippen LogP contribution in [-0.2, 0) is 19.1 Å². The van der Waals surface area contributed by atoms with Gasteiger partial charge in [-0.15, -0.1) is 0 Å². The van der Waals surface area contributed by atoms with Crippen LogP contribution in [0.25, 0.3) is 0 Å². The molecule has 2 aromatic rings. The molecule has 0 atom stereocenters. The van der Waals surface area contributed by atoms with Crippen LogP contribution in [0.1, 0.15) is 40.5 Å². The Labute approximate surface area is 166 Å². The second-order valence-corrected chi connectivity index (χ2v) is 6.40. The van der Waals surface area contributed by atoms with Gasteiger partial charge in [0.25, 0.3) is 5.91 Å². The number of rotatable bonds is 6. The first-order chi connectivity index (χ1) is 13.9. The largest absolute Gasteiger partial charge is 0.452 e. The molecule has 1 aliphatic heterocycles. The number of para-hydroxylation sites is 1. The maximum atomic E-state index is 12.3. The van der Waals surface area contributed by atoms with Gasteiger partial charge in [0, 0.05) is 18.4 Å². The molecule has 1 aliphatic rings. The number of nitrogens with zero attached hydrogens (tertiary/aromatic N) is 1. The number of carbonyl (C=O) groups is 5. The van der Waals surface area contributed by atoms with Gasteiger partial charge in [-0.05, 0) is 37.3 Å². The minimum Gasteiger partial charge on any atom is -0.452 e. The summed E-state index contributed by atoms with van der Waals surface area (Å²) in [5.74, 6) is -2.25. The van der Waals surface area contributed by atoms with Gasteiger partial charge in [0.2, 0.25) is 11.8 Å². The van der Waals surface area contributed by atoms with Crippen molar-refractivity contribution in [1.82, 2.24) is 0 Å². The van der Waals surface area contributed by atoms with Crippen molar-refractivity contribution in [3.63, 3.8) is 0 Å². The SMILES string of the molecule is CC(=O)c1ccccc1NC(=O)COC(=O)c1cccc(N2C(=O)CCC2=O)c1. The Kier molecular flexibility index (Phi) is 5.82. The molecule has 0 radical (unpaired) electrons. The molecule has 1 saturated heterocycles. The van der Waals surface area contributed by atoms with Crippen LogP contribution >= 0.6 is 0 Å². The second-order valence-electron chi connectivity index (χ2n) is 6.40. The summed E-state index contributed by atoms with van der Waals surface area (Å²) in [5.41, 5.74) is 1.06. The Balaban J connectivity index is 1.63. The van der Waals surface area contributed by atoms with Gasteiger partial charge in [-0.2, -0.15) is 0 Å². The molecule has 0 aromatic heterocycles. The normalized spacial score (nSPS) is 13.3. The van der Waals surface area contributed by atoms with E-state index in [1.165, 1.54) is 25.1 Å². The van der Waals surface area contributed by atoms with Crippen LogP contribution in [0.3, 0.4) is 0 Å². The number of ketones is 1. The standard InChI is InChI=1S/C21H18N2O6/c1-13(24)16-7-2-3-8-17(16)22-18(25)12-29-21(28)14-5-4-6-15(11-14)23-19(26)9-10-20(23)27/h2-8,11H,9-10,12H2,1H3,(H,22,25). The topological polar surface area (TPSA) is 110 Å². The Bertz CT molecular complexity index is 998. The summed E-state index contributed by atoms with van der Waals surface area (Å²) in [6, 6.07) is 12.4. The molecule has 0 saturated carbocycles. The zero-order valence-electron chi connectivity index (χ0n) is 15.6. The lowest BCUT2D eigenvalue weighted by atomic mass is 10.1. The Morgan fingerprint density at radius 1 is 1.00 bits per heavy atom. The molecule has 1 heterocycles. The number of ether oxygens (including phenoxy) is 1. The molecule has 0 bridgehead atoms. The fourth-order valence-corrected chi connectivity index (χ4v) is 2.94.